The molecule has 3 rings (SSSR count). The van der Waals surface area contributed by atoms with Gasteiger partial charge >= 0.3 is 10.1 Å². The molecule has 0 fully saturated rings. The molecule has 0 unspecified atom stereocenters. The third-order valence-electron chi connectivity index (χ3n) is 3.59. The smallest absolute Gasteiger partial charge is 0.306 e. The fourth-order valence-electron chi connectivity index (χ4n) is 2.42. The largest absolute Gasteiger partial charge is 0.383 e. The highest BCUT2D eigenvalue weighted by Gasteiger charge is 2.05. The molecule has 0 radical (unpaired) electrons. The molecule has 0 atom stereocenters. The first-order valence-electron chi connectivity index (χ1n) is 7.61. The summed E-state index contributed by atoms with van der Waals surface area (Å²) in [6.07, 6.45) is 4.17. The normalized spacial score (nSPS) is 11.7. The zero-order chi connectivity index (χ0) is 17.9. The van der Waals surface area contributed by atoms with E-state index in [1.165, 1.54) is 6.08 Å². The van der Waals surface area contributed by atoms with E-state index in [1.807, 2.05) is 36.4 Å². The maximum atomic E-state index is 12.3. The number of carbonyl (C=O) groups is 1. The van der Waals surface area contributed by atoms with E-state index < -0.39 is 10.1 Å². The van der Waals surface area contributed by atoms with Crippen molar-refractivity contribution in [2.75, 3.05) is 6.26 Å². The molecule has 0 N–H and O–H groups in total. The van der Waals surface area contributed by atoms with Gasteiger partial charge in [-0.05, 0) is 40.6 Å². The lowest BCUT2D eigenvalue weighted by atomic mass is 10.0. The van der Waals surface area contributed by atoms with Crippen molar-refractivity contribution in [3.05, 3.63) is 83.9 Å². The fraction of sp³-hybridized carbons (Fsp3) is 0.0500. The summed E-state index contributed by atoms with van der Waals surface area (Å²) in [6, 6.07) is 19.9. The molecule has 4 nitrogen and oxygen atoms in total. The Bertz CT molecular complexity index is 1050. The van der Waals surface area contributed by atoms with Gasteiger partial charge in [0.1, 0.15) is 5.75 Å². The first kappa shape index (κ1) is 16.9. The van der Waals surface area contributed by atoms with Crippen LogP contribution in [0.15, 0.2) is 72.8 Å². The molecule has 0 aromatic heterocycles. The van der Waals surface area contributed by atoms with Crippen LogP contribution in [0.3, 0.4) is 0 Å². The van der Waals surface area contributed by atoms with Gasteiger partial charge in [0.25, 0.3) is 0 Å². The summed E-state index contributed by atoms with van der Waals surface area (Å²) >= 11 is 0. The second-order valence-corrected chi connectivity index (χ2v) is 7.19. The summed E-state index contributed by atoms with van der Waals surface area (Å²) in [7, 11) is -3.54. The van der Waals surface area contributed by atoms with E-state index in [0.29, 0.717) is 5.56 Å². The Morgan fingerprint density at radius 3 is 2.28 bits per heavy atom. The number of fused-ring (bicyclic) bond motifs is 1. The SMILES string of the molecule is CS(=O)(=O)Oc1ccc(C=CC(=O)c2ccc3ccccc3c2)cc1. The molecule has 0 spiro atoms. The van der Waals surface area contributed by atoms with E-state index in [9.17, 15) is 13.2 Å². The molecule has 5 heteroatoms. The second kappa shape index (κ2) is 6.91. The predicted octanol–water partition coefficient (Wildman–Crippen LogP) is 4.07. The number of rotatable bonds is 5. The Balaban J connectivity index is 1.75. The van der Waals surface area contributed by atoms with E-state index >= 15 is 0 Å². The van der Waals surface area contributed by atoms with Crippen LogP contribution in [0.5, 0.6) is 5.75 Å². The van der Waals surface area contributed by atoms with Crippen LogP contribution in [0.25, 0.3) is 16.8 Å². The third kappa shape index (κ3) is 4.55. The lowest BCUT2D eigenvalue weighted by Gasteiger charge is -2.02. The van der Waals surface area contributed by atoms with Gasteiger partial charge in [0, 0.05) is 5.56 Å². The number of hydrogen-bond acceptors (Lipinski definition) is 4. The molecule has 0 aliphatic rings. The first-order chi connectivity index (χ1) is 11.9. The molecular formula is C20H16O4S. The highest BCUT2D eigenvalue weighted by Crippen LogP contribution is 2.18. The minimum atomic E-state index is -3.54. The number of ketones is 1. The molecule has 25 heavy (non-hydrogen) atoms. The molecule has 0 heterocycles. The van der Waals surface area contributed by atoms with Gasteiger partial charge in [-0.25, -0.2) is 0 Å². The van der Waals surface area contributed by atoms with Crippen LogP contribution in [-0.4, -0.2) is 20.5 Å². The van der Waals surface area contributed by atoms with Crippen LogP contribution < -0.4 is 4.18 Å². The van der Waals surface area contributed by atoms with Crippen molar-refractivity contribution in [3.63, 3.8) is 0 Å². The van der Waals surface area contributed by atoms with Crippen LogP contribution in [0.2, 0.25) is 0 Å². The van der Waals surface area contributed by atoms with Crippen molar-refractivity contribution in [2.24, 2.45) is 0 Å². The van der Waals surface area contributed by atoms with Crippen molar-refractivity contribution in [2.45, 2.75) is 0 Å². The Morgan fingerprint density at radius 1 is 0.920 bits per heavy atom. The third-order valence-corrected chi connectivity index (χ3v) is 4.08. The van der Waals surface area contributed by atoms with Crippen LogP contribution in [0.1, 0.15) is 15.9 Å². The topological polar surface area (TPSA) is 60.4 Å². The maximum absolute atomic E-state index is 12.3. The molecule has 0 aliphatic carbocycles. The fourth-order valence-corrected chi connectivity index (χ4v) is 2.88. The van der Waals surface area contributed by atoms with E-state index in [1.54, 1.807) is 36.4 Å². The average Bonchev–Trinajstić information content (AvgIpc) is 2.59. The number of hydrogen-bond donors (Lipinski definition) is 0. The van der Waals surface area contributed by atoms with Gasteiger partial charge in [-0.2, -0.15) is 8.42 Å². The number of benzene rings is 3. The van der Waals surface area contributed by atoms with Gasteiger partial charge in [-0.3, -0.25) is 4.79 Å². The summed E-state index contributed by atoms with van der Waals surface area (Å²) in [5.74, 6) is 0.141. The summed E-state index contributed by atoms with van der Waals surface area (Å²) in [5.41, 5.74) is 1.39. The number of carbonyl (C=O) groups excluding carboxylic acids is 1. The quantitative estimate of drug-likeness (QED) is 0.394. The van der Waals surface area contributed by atoms with Gasteiger partial charge in [-0.15, -0.1) is 0 Å². The van der Waals surface area contributed by atoms with E-state index in [4.69, 9.17) is 4.18 Å². The molecule has 3 aromatic rings. The standard InChI is InChI=1S/C20H16O4S/c1-25(22,23)24-19-11-6-15(7-12-19)8-13-20(21)18-10-9-16-4-2-3-5-17(16)14-18/h2-14H,1H3. The lowest BCUT2D eigenvalue weighted by molar-refractivity contribution is 0.104. The summed E-state index contributed by atoms with van der Waals surface area (Å²) < 4.78 is 26.9. The monoisotopic (exact) mass is 352 g/mol. The van der Waals surface area contributed by atoms with Crippen molar-refractivity contribution in [1.82, 2.24) is 0 Å². The van der Waals surface area contributed by atoms with Crippen LogP contribution in [0.4, 0.5) is 0 Å². The Morgan fingerprint density at radius 2 is 1.60 bits per heavy atom. The van der Waals surface area contributed by atoms with Crippen molar-refractivity contribution in [3.8, 4) is 5.75 Å². The molecular weight excluding hydrogens is 336 g/mol. The Kier molecular flexibility index (Phi) is 4.67. The molecule has 0 saturated heterocycles. The summed E-state index contributed by atoms with van der Waals surface area (Å²) in [4.78, 5) is 12.3. The predicted molar refractivity (Wildman–Crippen MR) is 99.2 cm³/mol. The van der Waals surface area contributed by atoms with Gasteiger partial charge in [-0.1, -0.05) is 54.6 Å². The zero-order valence-corrected chi connectivity index (χ0v) is 14.4. The van der Waals surface area contributed by atoms with E-state index in [2.05, 4.69) is 0 Å². The highest BCUT2D eigenvalue weighted by molar-refractivity contribution is 7.86. The van der Waals surface area contributed by atoms with E-state index in [0.717, 1.165) is 22.6 Å². The maximum Gasteiger partial charge on any atom is 0.306 e. The number of allylic oxidation sites excluding steroid dienone is 1. The molecule has 126 valence electrons. The Labute approximate surface area is 146 Å². The van der Waals surface area contributed by atoms with Crippen molar-refractivity contribution < 1.29 is 17.4 Å². The lowest BCUT2D eigenvalue weighted by Crippen LogP contribution is -2.05. The average molecular weight is 352 g/mol. The minimum Gasteiger partial charge on any atom is -0.383 e. The van der Waals surface area contributed by atoms with Crippen molar-refractivity contribution >= 4 is 32.7 Å². The highest BCUT2D eigenvalue weighted by atomic mass is 32.2. The second-order valence-electron chi connectivity index (χ2n) is 5.62. The summed E-state index contributed by atoms with van der Waals surface area (Å²) in [6.45, 7) is 0. The van der Waals surface area contributed by atoms with Gasteiger partial charge in [0.2, 0.25) is 0 Å². The summed E-state index contributed by atoms with van der Waals surface area (Å²) in [5, 5.41) is 2.11. The van der Waals surface area contributed by atoms with Crippen LogP contribution in [0, 0.1) is 0 Å². The molecule has 3 aromatic carbocycles. The molecule has 0 saturated carbocycles. The molecule has 0 bridgehead atoms. The molecule has 0 amide bonds. The Hall–Kier alpha value is -2.92. The minimum absolute atomic E-state index is 0.0952. The zero-order valence-electron chi connectivity index (χ0n) is 13.5. The van der Waals surface area contributed by atoms with Gasteiger partial charge < -0.3 is 4.18 Å². The van der Waals surface area contributed by atoms with Crippen LogP contribution >= 0.6 is 0 Å². The van der Waals surface area contributed by atoms with Gasteiger partial charge in [0.15, 0.2) is 5.78 Å². The molecule has 0 aliphatic heterocycles. The first-order valence-corrected chi connectivity index (χ1v) is 9.43. The van der Waals surface area contributed by atoms with E-state index in [-0.39, 0.29) is 11.5 Å². The van der Waals surface area contributed by atoms with Crippen molar-refractivity contribution in [1.29, 1.82) is 0 Å². The van der Waals surface area contributed by atoms with Gasteiger partial charge in [0.05, 0.1) is 6.26 Å². The van der Waals surface area contributed by atoms with Crippen LogP contribution in [-0.2, 0) is 10.1 Å².